The van der Waals surface area contributed by atoms with Gasteiger partial charge in [0, 0.05) is 33.0 Å². The van der Waals surface area contributed by atoms with Gasteiger partial charge in [0.1, 0.15) is 0 Å². The molecule has 2 nitrogen and oxygen atoms in total. The summed E-state index contributed by atoms with van der Waals surface area (Å²) in [6.45, 7) is 6.91. The minimum Gasteiger partial charge on any atom is -0.391 e. The van der Waals surface area contributed by atoms with E-state index in [4.69, 9.17) is 0 Å². The van der Waals surface area contributed by atoms with Crippen LogP contribution in [0.5, 0.6) is 0 Å². The fraction of sp³-hybridized carbons (Fsp3) is 1.00. The van der Waals surface area contributed by atoms with Gasteiger partial charge in [-0.05, 0) is 31.6 Å². The maximum absolute atomic E-state index is 9.93. The fourth-order valence-corrected chi connectivity index (χ4v) is 4.43. The summed E-state index contributed by atoms with van der Waals surface area (Å²) in [5.74, 6) is 2.28. The lowest BCUT2D eigenvalue weighted by Crippen LogP contribution is -2.41. The molecule has 1 N–H and O–H groups in total. The molecule has 3 radical (unpaired) electrons. The van der Waals surface area contributed by atoms with Crippen molar-refractivity contribution in [3.63, 3.8) is 0 Å². The fourth-order valence-electron chi connectivity index (χ4n) is 4.43. The van der Waals surface area contributed by atoms with Gasteiger partial charge in [0.2, 0.25) is 0 Å². The van der Waals surface area contributed by atoms with Crippen LogP contribution in [0.15, 0.2) is 0 Å². The maximum Gasteiger partial charge on any atom is 0.0713 e. The lowest BCUT2D eigenvalue weighted by molar-refractivity contribution is 0.122. The van der Waals surface area contributed by atoms with Gasteiger partial charge in [-0.25, -0.2) is 0 Å². The van der Waals surface area contributed by atoms with Crippen molar-refractivity contribution in [2.75, 3.05) is 13.1 Å². The first kappa shape index (κ1) is 10.5. The van der Waals surface area contributed by atoms with Gasteiger partial charge in [0.25, 0.3) is 0 Å². The van der Waals surface area contributed by atoms with Gasteiger partial charge in [-0.3, -0.25) is 4.90 Å². The van der Waals surface area contributed by atoms with Gasteiger partial charge in [-0.1, -0.05) is 6.92 Å². The number of rotatable bonds is 0. The Labute approximate surface area is 88.2 Å². The Morgan fingerprint density at radius 3 is 2.57 bits per heavy atom. The second-order valence-corrected chi connectivity index (χ2v) is 5.47. The van der Waals surface area contributed by atoms with Crippen molar-refractivity contribution in [2.45, 2.75) is 38.3 Å². The second kappa shape index (κ2) is 2.99. The lowest BCUT2D eigenvalue weighted by Gasteiger charge is -2.32. The van der Waals surface area contributed by atoms with Crippen molar-refractivity contribution in [3.05, 3.63) is 0 Å². The number of aliphatic hydroxyl groups excluding tert-OH is 1. The van der Waals surface area contributed by atoms with Crippen LogP contribution in [0, 0.1) is 17.8 Å². The van der Waals surface area contributed by atoms with E-state index in [9.17, 15) is 5.11 Å². The molecule has 0 amide bonds. The van der Waals surface area contributed by atoms with Gasteiger partial charge in [-0.2, -0.15) is 0 Å². The topological polar surface area (TPSA) is 23.5 Å². The Bertz CT molecular complexity index is 225. The third kappa shape index (κ3) is 0.952. The van der Waals surface area contributed by atoms with E-state index in [1.807, 2.05) is 0 Å². The van der Waals surface area contributed by atoms with E-state index in [1.54, 1.807) is 0 Å². The van der Waals surface area contributed by atoms with Gasteiger partial charge >= 0.3 is 0 Å². The molecule has 5 atom stereocenters. The molecule has 3 aliphatic rings. The van der Waals surface area contributed by atoms with Crippen LogP contribution in [0.3, 0.4) is 0 Å². The highest BCUT2D eigenvalue weighted by Crippen LogP contribution is 2.57. The zero-order valence-corrected chi connectivity index (χ0v) is 9.11. The van der Waals surface area contributed by atoms with E-state index >= 15 is 0 Å². The van der Waals surface area contributed by atoms with Crippen molar-refractivity contribution in [3.8, 4) is 0 Å². The highest BCUT2D eigenvalue weighted by Gasteiger charge is 2.62. The smallest absolute Gasteiger partial charge is 0.0713 e. The van der Waals surface area contributed by atoms with E-state index < -0.39 is 0 Å². The van der Waals surface area contributed by atoms with Crippen LogP contribution in [0.2, 0.25) is 0 Å². The van der Waals surface area contributed by atoms with Crippen LogP contribution >= 0.6 is 0 Å². The lowest BCUT2D eigenvalue weighted by atomic mass is 9.80. The Kier molecular flexibility index (Phi) is 2.24. The second-order valence-electron chi connectivity index (χ2n) is 5.47. The van der Waals surface area contributed by atoms with E-state index in [-0.39, 0.29) is 14.5 Å². The molecule has 0 bridgehead atoms. The zero-order valence-electron chi connectivity index (χ0n) is 9.11. The largest absolute Gasteiger partial charge is 0.391 e. The van der Waals surface area contributed by atoms with Gasteiger partial charge in [0.05, 0.1) is 6.10 Å². The van der Waals surface area contributed by atoms with Crippen molar-refractivity contribution in [1.29, 1.82) is 0 Å². The minimum atomic E-state index is -0.0394. The first-order valence-corrected chi connectivity index (χ1v) is 5.57. The number of hydrogen-bond acceptors (Lipinski definition) is 2. The third-order valence-electron chi connectivity index (χ3n) is 5.04. The van der Waals surface area contributed by atoms with Crippen molar-refractivity contribution >= 4 is 8.41 Å². The molecule has 0 unspecified atom stereocenters. The van der Waals surface area contributed by atoms with Crippen LogP contribution in [-0.2, 0) is 0 Å². The van der Waals surface area contributed by atoms with Gasteiger partial charge in [0.15, 0.2) is 0 Å². The van der Waals surface area contributed by atoms with Gasteiger partial charge < -0.3 is 5.11 Å². The SMILES string of the molecule is C[C@@H]1CN2C[C@H](O)[C@H]3CC[C@@H]1[C@]32C.[B]. The molecule has 14 heavy (non-hydrogen) atoms. The Morgan fingerprint density at radius 1 is 1.21 bits per heavy atom. The Balaban J connectivity index is 0.000000750. The molecule has 0 aromatic carbocycles. The minimum absolute atomic E-state index is 0. The summed E-state index contributed by atoms with van der Waals surface area (Å²) < 4.78 is 0. The summed E-state index contributed by atoms with van der Waals surface area (Å²) in [6.07, 6.45) is 2.56. The molecule has 0 spiro atoms. The van der Waals surface area contributed by atoms with Crippen molar-refractivity contribution < 1.29 is 5.11 Å². The molecule has 1 aliphatic carbocycles. The molecule has 0 aromatic rings. The average molecular weight is 192 g/mol. The maximum atomic E-state index is 9.93. The molecule has 3 fully saturated rings. The predicted octanol–water partition coefficient (Wildman–Crippen LogP) is 0.717. The van der Waals surface area contributed by atoms with E-state index in [1.165, 1.54) is 19.4 Å². The standard InChI is InChI=1S/C11H19NO.B/c1-7-5-12-6-10(13)9-4-3-8(7)11(9,12)2;/h7-10,13H,3-6H2,1-2H3;/t7-,8+,9-,10+,11-;/m1./s1. The molecule has 2 aliphatic heterocycles. The van der Waals surface area contributed by atoms with E-state index in [0.29, 0.717) is 11.5 Å². The zero-order chi connectivity index (χ0) is 9.22. The molecule has 3 rings (SSSR count). The van der Waals surface area contributed by atoms with Crippen molar-refractivity contribution in [1.82, 2.24) is 4.90 Å². The summed E-state index contributed by atoms with van der Waals surface area (Å²) in [7, 11) is 0. The normalized spacial score (nSPS) is 55.9. The Morgan fingerprint density at radius 2 is 1.86 bits per heavy atom. The molecule has 0 aromatic heterocycles. The third-order valence-corrected chi connectivity index (χ3v) is 5.04. The van der Waals surface area contributed by atoms with Crippen LogP contribution in [0.25, 0.3) is 0 Å². The molecule has 3 heteroatoms. The number of aliphatic hydroxyl groups is 1. The van der Waals surface area contributed by atoms with Crippen LogP contribution < -0.4 is 0 Å². The number of hydrogen-bond donors (Lipinski definition) is 1. The summed E-state index contributed by atoms with van der Waals surface area (Å²) in [5, 5.41) is 9.93. The average Bonchev–Trinajstić information content (AvgIpc) is 2.58. The van der Waals surface area contributed by atoms with Crippen LogP contribution in [0.1, 0.15) is 26.7 Å². The first-order valence-electron chi connectivity index (χ1n) is 5.57. The summed E-state index contributed by atoms with van der Waals surface area (Å²) in [5.41, 5.74) is 0.360. The highest BCUT2D eigenvalue weighted by atomic mass is 16.3. The van der Waals surface area contributed by atoms with Gasteiger partial charge in [-0.15, -0.1) is 0 Å². The van der Waals surface area contributed by atoms with Crippen LogP contribution in [-0.4, -0.2) is 43.2 Å². The molecule has 2 saturated heterocycles. The molecule has 77 valence electrons. The summed E-state index contributed by atoms with van der Waals surface area (Å²) in [4.78, 5) is 2.55. The predicted molar refractivity (Wildman–Crippen MR) is 57.1 cm³/mol. The van der Waals surface area contributed by atoms with E-state index in [2.05, 4.69) is 18.7 Å². The number of nitrogens with zero attached hydrogens (tertiary/aromatic N) is 1. The molecular weight excluding hydrogens is 173 g/mol. The van der Waals surface area contributed by atoms with Crippen molar-refractivity contribution in [2.24, 2.45) is 17.8 Å². The molecule has 2 heterocycles. The van der Waals surface area contributed by atoms with E-state index in [0.717, 1.165) is 18.4 Å². The highest BCUT2D eigenvalue weighted by molar-refractivity contribution is 5.75. The molecule has 1 saturated carbocycles. The summed E-state index contributed by atoms with van der Waals surface area (Å²) >= 11 is 0. The quantitative estimate of drug-likeness (QED) is 0.571. The molecular formula is C11H19BNO. The van der Waals surface area contributed by atoms with Crippen LogP contribution in [0.4, 0.5) is 0 Å². The summed E-state index contributed by atoms with van der Waals surface area (Å²) in [6, 6.07) is 0. The number of β-amino-alcohol motifs (C(OH)–C–C–N with tert-alkyl or cyclic N) is 1. The Hall–Kier alpha value is -0.0151. The monoisotopic (exact) mass is 192 g/mol. The first-order chi connectivity index (χ1) is 6.14.